The number of anilines is 1. The highest BCUT2D eigenvalue weighted by molar-refractivity contribution is 6.30. The lowest BCUT2D eigenvalue weighted by Crippen LogP contribution is -2.34. The van der Waals surface area contributed by atoms with E-state index < -0.39 is 16.7 Å². The highest BCUT2D eigenvalue weighted by Gasteiger charge is 2.17. The van der Waals surface area contributed by atoms with E-state index in [0.29, 0.717) is 10.7 Å². The van der Waals surface area contributed by atoms with Crippen molar-refractivity contribution in [3.8, 4) is 0 Å². The first-order valence-corrected chi connectivity index (χ1v) is 7.30. The fraction of sp³-hybridized carbons (Fsp3) is 0.125. The molecule has 0 fully saturated rings. The van der Waals surface area contributed by atoms with Gasteiger partial charge in [0.25, 0.3) is 11.6 Å². The van der Waals surface area contributed by atoms with Crippen molar-refractivity contribution >= 4 is 34.8 Å². The van der Waals surface area contributed by atoms with E-state index in [9.17, 15) is 19.7 Å². The predicted octanol–water partition coefficient (Wildman–Crippen LogP) is 2.96. The van der Waals surface area contributed by atoms with E-state index in [-0.39, 0.29) is 17.8 Å². The van der Waals surface area contributed by atoms with E-state index in [0.717, 1.165) is 0 Å². The molecule has 2 aromatic carbocycles. The van der Waals surface area contributed by atoms with Gasteiger partial charge in [-0.15, -0.1) is 0 Å². The Morgan fingerprint density at radius 2 is 1.88 bits per heavy atom. The molecule has 2 amide bonds. The van der Waals surface area contributed by atoms with Gasteiger partial charge >= 0.3 is 0 Å². The fourth-order valence-electron chi connectivity index (χ4n) is 1.99. The molecule has 1 N–H and O–H groups in total. The molecule has 124 valence electrons. The van der Waals surface area contributed by atoms with Crippen molar-refractivity contribution in [2.24, 2.45) is 0 Å². The number of nitrogens with zero attached hydrogens (tertiary/aromatic N) is 2. The maximum absolute atomic E-state index is 12.3. The van der Waals surface area contributed by atoms with Crippen LogP contribution in [0.1, 0.15) is 10.4 Å². The molecule has 0 aromatic heterocycles. The number of nitrogens with one attached hydrogen (secondary N) is 1. The minimum absolute atomic E-state index is 0.144. The number of non-ortho nitro benzene ring substituents is 1. The lowest BCUT2D eigenvalue weighted by Gasteiger charge is -2.16. The van der Waals surface area contributed by atoms with Gasteiger partial charge in [-0.05, 0) is 30.3 Å². The summed E-state index contributed by atoms with van der Waals surface area (Å²) in [4.78, 5) is 35.6. The number of hydrogen-bond donors (Lipinski definition) is 1. The number of carbonyl (C=O) groups excluding carboxylic acids is 2. The summed E-state index contributed by atoms with van der Waals surface area (Å²) in [5, 5.41) is 13.9. The Hall–Kier alpha value is -2.93. The standard InChI is InChI=1S/C16H14ClN3O4/c1-19(10-15(21)18-13-7-5-12(17)6-8-13)16(22)11-3-2-4-14(9-11)20(23)24/h2-9H,10H2,1H3,(H,18,21). The van der Waals surface area contributed by atoms with E-state index in [1.54, 1.807) is 24.3 Å². The van der Waals surface area contributed by atoms with Crippen molar-refractivity contribution in [1.29, 1.82) is 0 Å². The molecule has 0 spiro atoms. The van der Waals surface area contributed by atoms with E-state index in [1.165, 1.54) is 36.2 Å². The summed E-state index contributed by atoms with van der Waals surface area (Å²) < 4.78 is 0. The normalized spacial score (nSPS) is 10.1. The van der Waals surface area contributed by atoms with Gasteiger partial charge in [-0.1, -0.05) is 17.7 Å². The summed E-state index contributed by atoms with van der Waals surface area (Å²) in [5.74, 6) is -0.872. The number of amides is 2. The molecule has 0 bridgehead atoms. The van der Waals surface area contributed by atoms with Gasteiger partial charge < -0.3 is 10.2 Å². The molecule has 0 aliphatic carbocycles. The molecule has 2 rings (SSSR count). The Bertz CT molecular complexity index is 777. The SMILES string of the molecule is CN(CC(=O)Nc1ccc(Cl)cc1)C(=O)c1cccc([N+](=O)[O-])c1. The number of benzene rings is 2. The largest absolute Gasteiger partial charge is 0.332 e. The summed E-state index contributed by atoms with van der Waals surface area (Å²) in [6.07, 6.45) is 0. The first-order chi connectivity index (χ1) is 11.4. The second-order valence-corrected chi connectivity index (χ2v) is 5.46. The molecule has 7 nitrogen and oxygen atoms in total. The van der Waals surface area contributed by atoms with Gasteiger partial charge in [0, 0.05) is 35.5 Å². The van der Waals surface area contributed by atoms with Crippen LogP contribution in [0, 0.1) is 10.1 Å². The Morgan fingerprint density at radius 1 is 1.21 bits per heavy atom. The molecule has 0 saturated heterocycles. The van der Waals surface area contributed by atoms with Crippen molar-refractivity contribution in [1.82, 2.24) is 4.90 Å². The van der Waals surface area contributed by atoms with Gasteiger partial charge in [0.1, 0.15) is 0 Å². The zero-order chi connectivity index (χ0) is 17.7. The van der Waals surface area contributed by atoms with Crippen molar-refractivity contribution in [2.45, 2.75) is 0 Å². The number of carbonyl (C=O) groups is 2. The second-order valence-electron chi connectivity index (χ2n) is 5.02. The van der Waals surface area contributed by atoms with Gasteiger partial charge in [0.15, 0.2) is 0 Å². The average Bonchev–Trinajstić information content (AvgIpc) is 2.56. The monoisotopic (exact) mass is 347 g/mol. The molecule has 0 heterocycles. The van der Waals surface area contributed by atoms with Gasteiger partial charge in [0.05, 0.1) is 11.5 Å². The summed E-state index contributed by atoms with van der Waals surface area (Å²) >= 11 is 5.76. The second kappa shape index (κ2) is 7.56. The molecule has 2 aromatic rings. The number of halogens is 1. The Kier molecular flexibility index (Phi) is 5.49. The lowest BCUT2D eigenvalue weighted by molar-refractivity contribution is -0.384. The van der Waals surface area contributed by atoms with Gasteiger partial charge in [0.2, 0.25) is 5.91 Å². The van der Waals surface area contributed by atoms with Gasteiger partial charge in [-0.2, -0.15) is 0 Å². The third-order valence-corrected chi connectivity index (χ3v) is 3.41. The summed E-state index contributed by atoms with van der Waals surface area (Å²) in [6.45, 7) is -0.190. The van der Waals surface area contributed by atoms with Gasteiger partial charge in [-0.3, -0.25) is 19.7 Å². The van der Waals surface area contributed by atoms with Crippen molar-refractivity contribution in [2.75, 3.05) is 18.9 Å². The fourth-order valence-corrected chi connectivity index (χ4v) is 2.12. The van der Waals surface area contributed by atoms with E-state index in [1.807, 2.05) is 0 Å². The van der Waals surface area contributed by atoms with Crippen LogP contribution in [0.15, 0.2) is 48.5 Å². The average molecular weight is 348 g/mol. The van der Waals surface area contributed by atoms with E-state index in [2.05, 4.69) is 5.32 Å². The number of nitro groups is 1. The molecule has 0 aliphatic rings. The van der Waals surface area contributed by atoms with E-state index in [4.69, 9.17) is 11.6 Å². The maximum atomic E-state index is 12.3. The Morgan fingerprint density at radius 3 is 2.50 bits per heavy atom. The zero-order valence-corrected chi connectivity index (χ0v) is 13.5. The van der Waals surface area contributed by atoms with Crippen LogP contribution in [-0.4, -0.2) is 35.2 Å². The van der Waals surface area contributed by atoms with Gasteiger partial charge in [-0.25, -0.2) is 0 Å². The van der Waals surface area contributed by atoms with Crippen LogP contribution >= 0.6 is 11.6 Å². The highest BCUT2D eigenvalue weighted by atomic mass is 35.5. The lowest BCUT2D eigenvalue weighted by atomic mass is 10.2. The molecule has 0 radical (unpaired) electrons. The van der Waals surface area contributed by atoms with Crippen LogP contribution < -0.4 is 5.32 Å². The number of likely N-dealkylation sites (N-methyl/N-ethyl adjacent to an activating group) is 1. The van der Waals surface area contributed by atoms with Crippen LogP contribution in [0.3, 0.4) is 0 Å². The minimum Gasteiger partial charge on any atom is -0.332 e. The topological polar surface area (TPSA) is 92.6 Å². The first-order valence-electron chi connectivity index (χ1n) is 6.92. The number of nitro benzene ring substituents is 1. The van der Waals surface area contributed by atoms with Crippen LogP contribution in [0.2, 0.25) is 5.02 Å². The summed E-state index contributed by atoms with van der Waals surface area (Å²) in [5.41, 5.74) is 0.520. The van der Waals surface area contributed by atoms with Crippen LogP contribution in [0.5, 0.6) is 0 Å². The molecule has 0 aliphatic heterocycles. The minimum atomic E-state index is -0.579. The molecular weight excluding hydrogens is 334 g/mol. The predicted molar refractivity (Wildman–Crippen MR) is 90.1 cm³/mol. The summed E-state index contributed by atoms with van der Waals surface area (Å²) in [6, 6.07) is 11.9. The summed E-state index contributed by atoms with van der Waals surface area (Å²) in [7, 11) is 1.45. The number of hydrogen-bond acceptors (Lipinski definition) is 4. The zero-order valence-electron chi connectivity index (χ0n) is 12.7. The quantitative estimate of drug-likeness (QED) is 0.664. The molecule has 0 atom stereocenters. The third-order valence-electron chi connectivity index (χ3n) is 3.16. The van der Waals surface area contributed by atoms with Crippen LogP contribution in [0.4, 0.5) is 11.4 Å². The smallest absolute Gasteiger partial charge is 0.270 e. The molecule has 0 saturated carbocycles. The third kappa shape index (κ3) is 4.53. The van der Waals surface area contributed by atoms with Crippen molar-refractivity contribution < 1.29 is 14.5 Å². The molecule has 24 heavy (non-hydrogen) atoms. The molecule has 0 unspecified atom stereocenters. The Balaban J connectivity index is 2.00. The van der Waals surface area contributed by atoms with Crippen molar-refractivity contribution in [3.05, 3.63) is 69.2 Å². The first kappa shape index (κ1) is 17.4. The molecular formula is C16H14ClN3O4. The number of rotatable bonds is 5. The van der Waals surface area contributed by atoms with Crippen molar-refractivity contribution in [3.63, 3.8) is 0 Å². The highest BCUT2D eigenvalue weighted by Crippen LogP contribution is 2.15. The maximum Gasteiger partial charge on any atom is 0.270 e. The van der Waals surface area contributed by atoms with Crippen LogP contribution in [0.25, 0.3) is 0 Å². The van der Waals surface area contributed by atoms with Crippen LogP contribution in [-0.2, 0) is 4.79 Å². The Labute approximate surface area is 143 Å². The van der Waals surface area contributed by atoms with E-state index >= 15 is 0 Å². The molecule has 8 heteroatoms.